The largest absolute Gasteiger partial charge is 0.512 e. The van der Waals surface area contributed by atoms with E-state index >= 15 is 0 Å². The molecule has 0 saturated heterocycles. The zero-order valence-corrected chi connectivity index (χ0v) is 26.1. The van der Waals surface area contributed by atoms with Gasteiger partial charge in [-0.3, -0.25) is 4.79 Å². The zero-order chi connectivity index (χ0) is 26.8. The van der Waals surface area contributed by atoms with Crippen LogP contribution < -0.4 is 0 Å². The van der Waals surface area contributed by atoms with Gasteiger partial charge in [0.25, 0.3) is 0 Å². The number of ketones is 1. The predicted octanol–water partition coefficient (Wildman–Crippen LogP) is 8.70. The minimum absolute atomic E-state index is 0. The normalized spacial score (nSPS) is 12.5. The minimum Gasteiger partial charge on any atom is -0.512 e. The Labute approximate surface area is 231 Å². The Hall–Kier alpha value is -2.29. The Morgan fingerprint density at radius 2 is 1.47 bits per heavy atom. The number of carbonyl (C=O) groups excluding carboxylic acids is 1. The van der Waals surface area contributed by atoms with Gasteiger partial charge in [0.15, 0.2) is 5.78 Å². The van der Waals surface area contributed by atoms with Crippen LogP contribution in [0, 0.1) is 30.7 Å². The van der Waals surface area contributed by atoms with Gasteiger partial charge in [-0.25, -0.2) is 0 Å². The molecule has 0 fully saturated rings. The Morgan fingerprint density at radius 3 is 2.00 bits per heavy atom. The number of rotatable bonds is 2. The smallest absolute Gasteiger partial charge is 0.164 e. The van der Waals surface area contributed by atoms with Gasteiger partial charge in [0.05, 0.1) is 0 Å². The van der Waals surface area contributed by atoms with Gasteiger partial charge < -0.3 is 10.1 Å². The van der Waals surface area contributed by atoms with E-state index in [-0.39, 0.29) is 42.5 Å². The van der Waals surface area contributed by atoms with Crippen LogP contribution in [-0.2, 0) is 30.3 Å². The second-order valence-electron chi connectivity index (χ2n) is 12.4. The van der Waals surface area contributed by atoms with E-state index < -0.39 is 5.41 Å². The molecular weight excluding hydrogens is 623 g/mol. The Balaban J connectivity index is 0.000000402. The monoisotopic (exact) mass is 665 g/mol. The van der Waals surface area contributed by atoms with Crippen LogP contribution in [0.4, 0.5) is 0 Å². The van der Waals surface area contributed by atoms with Crippen LogP contribution in [-0.4, -0.2) is 15.9 Å². The quantitative estimate of drug-likeness (QED) is 0.169. The molecular formula is C32H42IrNO2-. The van der Waals surface area contributed by atoms with E-state index in [0.717, 1.165) is 22.5 Å². The summed E-state index contributed by atoms with van der Waals surface area (Å²) in [5.41, 5.74) is 5.01. The number of fused-ring (bicyclic) bond motifs is 1. The van der Waals surface area contributed by atoms with Crippen molar-refractivity contribution in [1.29, 1.82) is 0 Å². The number of aromatic nitrogens is 1. The third kappa shape index (κ3) is 8.68. The molecule has 0 unspecified atom stereocenters. The molecule has 197 valence electrons. The molecule has 3 nitrogen and oxygen atoms in total. The van der Waals surface area contributed by atoms with Gasteiger partial charge in [0, 0.05) is 48.1 Å². The van der Waals surface area contributed by atoms with Gasteiger partial charge >= 0.3 is 0 Å². The van der Waals surface area contributed by atoms with E-state index in [9.17, 15) is 9.90 Å². The molecule has 4 heteroatoms. The molecule has 0 atom stereocenters. The molecule has 0 aliphatic heterocycles. The van der Waals surface area contributed by atoms with Gasteiger partial charge in [0.1, 0.15) is 5.76 Å². The number of pyridine rings is 1. The summed E-state index contributed by atoms with van der Waals surface area (Å²) in [5.74, 6) is 0.104. The Bertz CT molecular complexity index is 1240. The van der Waals surface area contributed by atoms with E-state index in [1.807, 2.05) is 41.5 Å². The van der Waals surface area contributed by atoms with E-state index in [1.54, 1.807) is 0 Å². The van der Waals surface area contributed by atoms with Crippen LogP contribution >= 0.6 is 0 Å². The summed E-state index contributed by atoms with van der Waals surface area (Å²) < 4.78 is 0. The van der Waals surface area contributed by atoms with Gasteiger partial charge in [0.2, 0.25) is 0 Å². The minimum atomic E-state index is -0.417. The number of hydrogen-bond acceptors (Lipinski definition) is 3. The molecule has 0 amide bonds. The number of aliphatic hydroxyl groups is 1. The molecule has 0 bridgehead atoms. The van der Waals surface area contributed by atoms with Gasteiger partial charge in [-0.2, -0.15) is 0 Å². The molecule has 2 aromatic carbocycles. The maximum Gasteiger partial charge on any atom is 0.164 e. The number of nitrogens with zero attached hydrogens (tertiary/aromatic N) is 1. The maximum absolute atomic E-state index is 11.5. The molecule has 1 N–H and O–H groups in total. The molecule has 0 aliphatic carbocycles. The van der Waals surface area contributed by atoms with Crippen molar-refractivity contribution < 1.29 is 30.0 Å². The first-order valence-electron chi connectivity index (χ1n) is 12.3. The number of aryl methyl sites for hydroxylation is 2. The fraction of sp³-hybridized carbons (Fsp3) is 0.438. The number of aliphatic hydroxyl groups excluding tert-OH is 1. The first-order chi connectivity index (χ1) is 15.9. The summed E-state index contributed by atoms with van der Waals surface area (Å²) in [6, 6.07) is 18.5. The van der Waals surface area contributed by atoms with E-state index in [0.29, 0.717) is 0 Å². The van der Waals surface area contributed by atoms with Gasteiger partial charge in [-0.1, -0.05) is 99.6 Å². The van der Waals surface area contributed by atoms with Crippen molar-refractivity contribution in [2.45, 2.75) is 81.6 Å². The van der Waals surface area contributed by atoms with Crippen molar-refractivity contribution in [3.63, 3.8) is 0 Å². The third-order valence-electron chi connectivity index (χ3n) is 5.85. The summed E-state index contributed by atoms with van der Waals surface area (Å²) in [7, 11) is 0. The summed E-state index contributed by atoms with van der Waals surface area (Å²) in [6.45, 7) is 22.0. The third-order valence-corrected chi connectivity index (χ3v) is 5.85. The molecule has 1 radical (unpaired) electrons. The zero-order valence-electron chi connectivity index (χ0n) is 23.8. The van der Waals surface area contributed by atoms with Crippen LogP contribution in [0.2, 0.25) is 0 Å². The van der Waals surface area contributed by atoms with Gasteiger partial charge in [-0.15, -0.1) is 34.9 Å². The summed E-state index contributed by atoms with van der Waals surface area (Å²) in [4.78, 5) is 16.3. The first kappa shape index (κ1) is 31.7. The number of benzene rings is 2. The molecule has 0 aliphatic rings. The van der Waals surface area contributed by atoms with E-state index in [2.05, 4.69) is 83.1 Å². The SMILES string of the molecule is CC(C)(C)C(=O)/C=C(\O)C(C)(C)C.Cc1[c-]c(-c2cc3ccccc3c(C)n2)cc(C(C)(C)C)c1.[Ir]. The van der Waals surface area contributed by atoms with E-state index in [1.165, 1.54) is 22.4 Å². The molecule has 0 spiro atoms. The van der Waals surface area contributed by atoms with Crippen LogP contribution in [0.3, 0.4) is 0 Å². The maximum atomic E-state index is 11.5. The Morgan fingerprint density at radius 1 is 0.889 bits per heavy atom. The molecule has 3 rings (SSSR count). The summed E-state index contributed by atoms with van der Waals surface area (Å²) in [6.07, 6.45) is 1.33. The molecule has 1 heterocycles. The van der Waals surface area contributed by atoms with Crippen molar-refractivity contribution >= 4 is 16.6 Å². The predicted molar refractivity (Wildman–Crippen MR) is 149 cm³/mol. The first-order valence-corrected chi connectivity index (χ1v) is 12.3. The van der Waals surface area contributed by atoms with E-state index in [4.69, 9.17) is 4.98 Å². The number of hydrogen-bond donors (Lipinski definition) is 1. The van der Waals surface area contributed by atoms with Crippen molar-refractivity contribution in [2.24, 2.45) is 10.8 Å². The fourth-order valence-electron chi connectivity index (χ4n) is 3.35. The summed E-state index contributed by atoms with van der Waals surface area (Å²) in [5, 5.41) is 12.0. The second kappa shape index (κ2) is 11.8. The molecule has 0 saturated carbocycles. The molecule has 3 aromatic rings. The van der Waals surface area contributed by atoms with Crippen LogP contribution in [0.25, 0.3) is 22.0 Å². The topological polar surface area (TPSA) is 50.2 Å². The van der Waals surface area contributed by atoms with Crippen LogP contribution in [0.15, 0.2) is 54.3 Å². The van der Waals surface area contributed by atoms with Crippen LogP contribution in [0.5, 0.6) is 0 Å². The number of carbonyl (C=O) groups is 1. The van der Waals surface area contributed by atoms with Crippen molar-refractivity contribution in [2.75, 3.05) is 0 Å². The molecule has 36 heavy (non-hydrogen) atoms. The summed E-state index contributed by atoms with van der Waals surface area (Å²) >= 11 is 0. The average molecular weight is 665 g/mol. The average Bonchev–Trinajstić information content (AvgIpc) is 2.71. The standard InChI is InChI=1S/C21H22N.C11H20O2.Ir/c1-14-10-17(12-18(11-14)21(3,4)5)20-13-16-8-6-7-9-19(16)15(2)22-20;1-10(2,3)8(12)7-9(13)11(4,5)6;/h6-9,11-13H,1-5H3;7,12H,1-6H3;/q-1;;/b;8-7-;. The van der Waals surface area contributed by atoms with Crippen LogP contribution in [0.1, 0.15) is 79.1 Å². The fourth-order valence-corrected chi connectivity index (χ4v) is 3.35. The van der Waals surface area contributed by atoms with Crippen molar-refractivity contribution in [3.05, 3.63) is 77.2 Å². The number of allylic oxidation sites excluding steroid dienone is 2. The molecule has 1 aromatic heterocycles. The van der Waals surface area contributed by atoms with Crippen molar-refractivity contribution in [3.8, 4) is 11.3 Å². The van der Waals surface area contributed by atoms with Gasteiger partial charge in [-0.05, 0) is 23.4 Å². The second-order valence-corrected chi connectivity index (χ2v) is 12.4. The van der Waals surface area contributed by atoms with Crippen molar-refractivity contribution in [1.82, 2.24) is 4.98 Å². The Kier molecular flexibility index (Phi) is 10.4.